The predicted molar refractivity (Wildman–Crippen MR) is 51.8 cm³/mol. The van der Waals surface area contributed by atoms with Gasteiger partial charge in [0.25, 0.3) is 0 Å². The first-order chi connectivity index (χ1) is 6.95. The summed E-state index contributed by atoms with van der Waals surface area (Å²) < 4.78 is 10.6. The van der Waals surface area contributed by atoms with E-state index >= 15 is 0 Å². The molecule has 1 aromatic heterocycles. The van der Waals surface area contributed by atoms with Gasteiger partial charge in [0.2, 0.25) is 0 Å². The Balaban J connectivity index is 1.55. The smallest absolute Gasteiger partial charge is 0.180 e. The molecule has 1 N–H and O–H groups in total. The van der Waals surface area contributed by atoms with Crippen molar-refractivity contribution >= 4 is 0 Å². The van der Waals surface area contributed by atoms with Crippen LogP contribution in [0.25, 0.3) is 0 Å². The van der Waals surface area contributed by atoms with Gasteiger partial charge in [-0.1, -0.05) is 0 Å². The number of hydrogen-bond acceptors (Lipinski definition) is 4. The topological polar surface area (TPSA) is 47.3 Å². The Morgan fingerprint density at radius 1 is 1.57 bits per heavy atom. The predicted octanol–water partition coefficient (Wildman–Crippen LogP) is 1.33. The van der Waals surface area contributed by atoms with E-state index < -0.39 is 0 Å². The summed E-state index contributed by atoms with van der Waals surface area (Å²) in [7, 11) is 0. The minimum Gasteiger partial charge on any atom is -0.447 e. The molecule has 0 aliphatic carbocycles. The lowest BCUT2D eigenvalue weighted by atomic mass is 10.2. The zero-order chi connectivity index (χ0) is 9.64. The molecule has 1 saturated heterocycles. The zero-order valence-electron chi connectivity index (χ0n) is 8.24. The van der Waals surface area contributed by atoms with Crippen LogP contribution in [0.4, 0.5) is 0 Å². The Labute approximate surface area is 83.7 Å². The van der Waals surface area contributed by atoms with Crippen LogP contribution in [0.1, 0.15) is 25.0 Å². The van der Waals surface area contributed by atoms with Gasteiger partial charge in [-0.2, -0.15) is 0 Å². The standard InChI is InChI=1S/C10H16N2O2/c1-2-9(13-5-1)3-4-11-6-10-7-12-8-14-10/h7-9,11H,1-6H2. The summed E-state index contributed by atoms with van der Waals surface area (Å²) in [6.07, 6.45) is 7.18. The molecule has 1 aliphatic heterocycles. The Kier molecular flexibility index (Phi) is 3.54. The highest BCUT2D eigenvalue weighted by molar-refractivity contribution is 4.86. The van der Waals surface area contributed by atoms with Gasteiger partial charge in [0.05, 0.1) is 18.8 Å². The lowest BCUT2D eigenvalue weighted by molar-refractivity contribution is 0.104. The molecule has 4 nitrogen and oxygen atoms in total. The van der Waals surface area contributed by atoms with Crippen LogP contribution in [0, 0.1) is 0 Å². The van der Waals surface area contributed by atoms with Gasteiger partial charge in [0.1, 0.15) is 5.76 Å². The monoisotopic (exact) mass is 196 g/mol. The average molecular weight is 196 g/mol. The van der Waals surface area contributed by atoms with Crippen LogP contribution in [-0.2, 0) is 11.3 Å². The van der Waals surface area contributed by atoms with Gasteiger partial charge < -0.3 is 14.5 Å². The zero-order valence-corrected chi connectivity index (χ0v) is 8.24. The quantitative estimate of drug-likeness (QED) is 0.722. The third-order valence-electron chi connectivity index (χ3n) is 2.45. The molecule has 2 heterocycles. The maximum atomic E-state index is 5.51. The molecule has 0 aromatic carbocycles. The SMILES string of the molecule is c1ncc(CNCCC2CCCO2)o1. The summed E-state index contributed by atoms with van der Waals surface area (Å²) in [6.45, 7) is 2.67. The van der Waals surface area contributed by atoms with Gasteiger partial charge in [0, 0.05) is 6.61 Å². The molecule has 1 aromatic rings. The maximum absolute atomic E-state index is 5.51. The number of aromatic nitrogens is 1. The summed E-state index contributed by atoms with van der Waals surface area (Å²) in [5.74, 6) is 0.886. The van der Waals surface area contributed by atoms with Crippen molar-refractivity contribution < 1.29 is 9.15 Å². The average Bonchev–Trinajstić information content (AvgIpc) is 2.86. The fourth-order valence-electron chi connectivity index (χ4n) is 1.68. The summed E-state index contributed by atoms with van der Waals surface area (Å²) in [4.78, 5) is 3.85. The minimum atomic E-state index is 0.470. The number of nitrogens with zero attached hydrogens (tertiary/aromatic N) is 1. The first-order valence-electron chi connectivity index (χ1n) is 5.15. The van der Waals surface area contributed by atoms with E-state index in [0.717, 1.165) is 31.9 Å². The van der Waals surface area contributed by atoms with E-state index in [0.29, 0.717) is 6.10 Å². The van der Waals surface area contributed by atoms with Crippen molar-refractivity contribution in [2.45, 2.75) is 31.9 Å². The maximum Gasteiger partial charge on any atom is 0.180 e. The van der Waals surface area contributed by atoms with E-state index in [4.69, 9.17) is 9.15 Å². The molecule has 2 rings (SSSR count). The largest absolute Gasteiger partial charge is 0.447 e. The van der Waals surface area contributed by atoms with Crippen molar-refractivity contribution in [2.24, 2.45) is 0 Å². The second-order valence-electron chi connectivity index (χ2n) is 3.57. The lowest BCUT2D eigenvalue weighted by Crippen LogP contribution is -2.19. The second-order valence-corrected chi connectivity index (χ2v) is 3.57. The van der Waals surface area contributed by atoms with Crippen LogP contribution < -0.4 is 5.32 Å². The molecule has 1 aliphatic rings. The molecule has 0 spiro atoms. The highest BCUT2D eigenvalue weighted by Crippen LogP contribution is 2.14. The fourth-order valence-corrected chi connectivity index (χ4v) is 1.68. The molecule has 78 valence electrons. The van der Waals surface area contributed by atoms with Crippen LogP contribution in [-0.4, -0.2) is 24.2 Å². The van der Waals surface area contributed by atoms with Gasteiger partial charge in [-0.05, 0) is 25.8 Å². The van der Waals surface area contributed by atoms with Gasteiger partial charge >= 0.3 is 0 Å². The molecule has 0 radical (unpaired) electrons. The van der Waals surface area contributed by atoms with E-state index in [1.54, 1.807) is 6.20 Å². The molecule has 1 atom stereocenters. The molecule has 0 bridgehead atoms. The van der Waals surface area contributed by atoms with E-state index in [2.05, 4.69) is 10.3 Å². The summed E-state index contributed by atoms with van der Waals surface area (Å²) >= 11 is 0. The summed E-state index contributed by atoms with van der Waals surface area (Å²) in [5.41, 5.74) is 0. The Morgan fingerprint density at radius 2 is 2.57 bits per heavy atom. The fraction of sp³-hybridized carbons (Fsp3) is 0.700. The summed E-state index contributed by atoms with van der Waals surface area (Å²) in [5, 5.41) is 3.30. The van der Waals surface area contributed by atoms with Crippen molar-refractivity contribution in [1.29, 1.82) is 0 Å². The molecule has 14 heavy (non-hydrogen) atoms. The van der Waals surface area contributed by atoms with E-state index in [1.807, 2.05) is 0 Å². The molecule has 1 unspecified atom stereocenters. The van der Waals surface area contributed by atoms with E-state index in [1.165, 1.54) is 19.2 Å². The highest BCUT2D eigenvalue weighted by atomic mass is 16.5. The number of nitrogens with one attached hydrogen (secondary N) is 1. The van der Waals surface area contributed by atoms with Gasteiger partial charge in [-0.3, -0.25) is 0 Å². The number of oxazole rings is 1. The molecular formula is C10H16N2O2. The van der Waals surface area contributed by atoms with Crippen LogP contribution in [0.3, 0.4) is 0 Å². The summed E-state index contributed by atoms with van der Waals surface area (Å²) in [6, 6.07) is 0. The normalized spacial score (nSPS) is 21.6. The number of hydrogen-bond donors (Lipinski definition) is 1. The van der Waals surface area contributed by atoms with Crippen LogP contribution in [0.2, 0.25) is 0 Å². The molecule has 0 saturated carbocycles. The Hall–Kier alpha value is -0.870. The van der Waals surface area contributed by atoms with Gasteiger partial charge in [-0.15, -0.1) is 0 Å². The van der Waals surface area contributed by atoms with Crippen LogP contribution in [0.5, 0.6) is 0 Å². The van der Waals surface area contributed by atoms with Crippen molar-refractivity contribution in [3.05, 3.63) is 18.4 Å². The minimum absolute atomic E-state index is 0.470. The lowest BCUT2D eigenvalue weighted by Gasteiger charge is -2.08. The van der Waals surface area contributed by atoms with E-state index in [-0.39, 0.29) is 0 Å². The number of rotatable bonds is 5. The Bertz CT molecular complexity index is 243. The van der Waals surface area contributed by atoms with Crippen molar-refractivity contribution in [2.75, 3.05) is 13.2 Å². The van der Waals surface area contributed by atoms with Crippen molar-refractivity contribution in [3.8, 4) is 0 Å². The van der Waals surface area contributed by atoms with Gasteiger partial charge in [-0.25, -0.2) is 4.98 Å². The Morgan fingerprint density at radius 3 is 3.29 bits per heavy atom. The first-order valence-corrected chi connectivity index (χ1v) is 5.15. The molecule has 0 amide bonds. The van der Waals surface area contributed by atoms with Crippen LogP contribution in [0.15, 0.2) is 17.0 Å². The third kappa shape index (κ3) is 2.82. The molecular weight excluding hydrogens is 180 g/mol. The van der Waals surface area contributed by atoms with Crippen molar-refractivity contribution in [1.82, 2.24) is 10.3 Å². The van der Waals surface area contributed by atoms with Gasteiger partial charge in [0.15, 0.2) is 6.39 Å². The third-order valence-corrected chi connectivity index (χ3v) is 2.45. The van der Waals surface area contributed by atoms with Crippen molar-refractivity contribution in [3.63, 3.8) is 0 Å². The molecule has 4 heteroatoms. The first kappa shape index (κ1) is 9.68. The second kappa shape index (κ2) is 5.12. The van der Waals surface area contributed by atoms with Crippen LogP contribution >= 0.6 is 0 Å². The molecule has 1 fully saturated rings. The van der Waals surface area contributed by atoms with E-state index in [9.17, 15) is 0 Å². The highest BCUT2D eigenvalue weighted by Gasteiger charge is 2.14. The number of ether oxygens (including phenoxy) is 1.